The van der Waals surface area contributed by atoms with E-state index in [4.69, 9.17) is 14.2 Å². The SMILES string of the molecule is CCOP(=O)(NC(C)CO)OCC. The lowest BCUT2D eigenvalue weighted by Crippen LogP contribution is -2.28. The quantitative estimate of drug-likeness (QED) is 0.618. The van der Waals surface area contributed by atoms with Gasteiger partial charge in [-0.05, 0) is 20.8 Å². The Balaban J connectivity index is 4.14. The smallest absolute Gasteiger partial charge is 0.395 e. The van der Waals surface area contributed by atoms with Crippen molar-refractivity contribution in [2.45, 2.75) is 26.8 Å². The molecule has 0 aromatic heterocycles. The average Bonchev–Trinajstić information content (AvgIpc) is 2.04. The van der Waals surface area contributed by atoms with Gasteiger partial charge in [-0.15, -0.1) is 0 Å². The molecule has 80 valence electrons. The van der Waals surface area contributed by atoms with Crippen LogP contribution in [-0.2, 0) is 13.6 Å². The van der Waals surface area contributed by atoms with Crippen LogP contribution in [0.1, 0.15) is 20.8 Å². The van der Waals surface area contributed by atoms with Crippen LogP contribution in [0.5, 0.6) is 0 Å². The van der Waals surface area contributed by atoms with Crippen molar-refractivity contribution >= 4 is 7.75 Å². The molecule has 1 unspecified atom stereocenters. The van der Waals surface area contributed by atoms with Gasteiger partial charge in [0.25, 0.3) is 0 Å². The molecule has 13 heavy (non-hydrogen) atoms. The molecule has 0 amide bonds. The van der Waals surface area contributed by atoms with Gasteiger partial charge >= 0.3 is 7.75 Å². The molecule has 0 aliphatic carbocycles. The summed E-state index contributed by atoms with van der Waals surface area (Å²) in [6, 6.07) is -0.302. The standard InChI is InChI=1S/C7H18NO4P/c1-4-11-13(10,12-5-2)8-7(3)6-9/h7,9H,4-6H2,1-3H3,(H,8,10). The molecule has 0 aromatic carbocycles. The molecular formula is C7H18NO4P. The van der Waals surface area contributed by atoms with Crippen LogP contribution in [-0.4, -0.2) is 31.0 Å². The van der Waals surface area contributed by atoms with Gasteiger partial charge in [0, 0.05) is 6.04 Å². The van der Waals surface area contributed by atoms with Gasteiger partial charge in [-0.2, -0.15) is 0 Å². The van der Waals surface area contributed by atoms with Crippen molar-refractivity contribution in [1.29, 1.82) is 0 Å². The Hall–Kier alpha value is 0.0700. The molecule has 0 fully saturated rings. The minimum atomic E-state index is -3.20. The summed E-state index contributed by atoms with van der Waals surface area (Å²) in [7, 11) is -3.20. The first-order valence-electron chi connectivity index (χ1n) is 4.35. The van der Waals surface area contributed by atoms with Crippen molar-refractivity contribution in [2.75, 3.05) is 19.8 Å². The lowest BCUT2D eigenvalue weighted by Gasteiger charge is -2.20. The third-order valence-corrected chi connectivity index (χ3v) is 3.20. The van der Waals surface area contributed by atoms with E-state index in [1.807, 2.05) is 0 Å². The molecule has 0 rings (SSSR count). The normalized spacial score (nSPS) is 14.5. The molecule has 0 aliphatic heterocycles. The zero-order valence-corrected chi connectivity index (χ0v) is 9.21. The van der Waals surface area contributed by atoms with Crippen molar-refractivity contribution in [3.8, 4) is 0 Å². The molecule has 2 N–H and O–H groups in total. The van der Waals surface area contributed by atoms with Crippen LogP contribution in [0.3, 0.4) is 0 Å². The maximum atomic E-state index is 11.7. The van der Waals surface area contributed by atoms with E-state index in [2.05, 4.69) is 5.09 Å². The van der Waals surface area contributed by atoms with E-state index in [-0.39, 0.29) is 12.6 Å². The first-order valence-corrected chi connectivity index (χ1v) is 5.90. The monoisotopic (exact) mass is 211 g/mol. The number of hydrogen-bond donors (Lipinski definition) is 2. The number of aliphatic hydroxyl groups excluding tert-OH is 1. The Kier molecular flexibility index (Phi) is 6.55. The third-order valence-electron chi connectivity index (χ3n) is 1.25. The number of aliphatic hydroxyl groups is 1. The number of hydrogen-bond acceptors (Lipinski definition) is 4. The second-order valence-electron chi connectivity index (χ2n) is 2.55. The van der Waals surface area contributed by atoms with Crippen LogP contribution < -0.4 is 5.09 Å². The first kappa shape index (κ1) is 13.1. The molecule has 0 bridgehead atoms. The zero-order chi connectivity index (χ0) is 10.3. The zero-order valence-electron chi connectivity index (χ0n) is 8.32. The molecule has 0 aromatic rings. The highest BCUT2D eigenvalue weighted by Gasteiger charge is 2.25. The van der Waals surface area contributed by atoms with Crippen molar-refractivity contribution in [1.82, 2.24) is 5.09 Å². The van der Waals surface area contributed by atoms with Crippen LogP contribution in [0.2, 0.25) is 0 Å². The van der Waals surface area contributed by atoms with Crippen LogP contribution >= 0.6 is 7.75 Å². The van der Waals surface area contributed by atoms with Crippen molar-refractivity contribution in [3.63, 3.8) is 0 Å². The van der Waals surface area contributed by atoms with Crippen molar-refractivity contribution in [3.05, 3.63) is 0 Å². The molecule has 0 aliphatic rings. The summed E-state index contributed by atoms with van der Waals surface area (Å²) >= 11 is 0. The average molecular weight is 211 g/mol. The Bertz CT molecular complexity index is 166. The molecule has 0 heterocycles. The number of rotatable bonds is 7. The molecule has 1 atom stereocenters. The molecule has 0 saturated carbocycles. The van der Waals surface area contributed by atoms with Gasteiger partial charge in [0.2, 0.25) is 0 Å². The summed E-state index contributed by atoms with van der Waals surface area (Å²) in [5.74, 6) is 0. The minimum Gasteiger partial charge on any atom is -0.395 e. The van der Waals surface area contributed by atoms with Crippen molar-refractivity contribution < 1.29 is 18.7 Å². The van der Waals surface area contributed by atoms with Crippen LogP contribution in [0.25, 0.3) is 0 Å². The van der Waals surface area contributed by atoms with Gasteiger partial charge in [0.05, 0.1) is 19.8 Å². The largest absolute Gasteiger partial charge is 0.405 e. The second-order valence-corrected chi connectivity index (χ2v) is 4.32. The number of nitrogens with one attached hydrogen (secondary N) is 1. The predicted molar refractivity (Wildman–Crippen MR) is 50.5 cm³/mol. The van der Waals surface area contributed by atoms with E-state index >= 15 is 0 Å². The molecule has 6 heteroatoms. The summed E-state index contributed by atoms with van der Waals surface area (Å²) in [6.45, 7) is 5.67. The van der Waals surface area contributed by atoms with E-state index in [9.17, 15) is 4.57 Å². The highest BCUT2D eigenvalue weighted by molar-refractivity contribution is 7.51. The van der Waals surface area contributed by atoms with Crippen LogP contribution in [0.4, 0.5) is 0 Å². The third kappa shape index (κ3) is 5.39. The highest BCUT2D eigenvalue weighted by atomic mass is 31.2. The Morgan fingerprint density at radius 1 is 1.38 bits per heavy atom. The maximum absolute atomic E-state index is 11.7. The summed E-state index contributed by atoms with van der Waals surface area (Å²) in [5, 5.41) is 11.3. The Labute approximate surface area is 79.0 Å². The fourth-order valence-electron chi connectivity index (χ4n) is 0.762. The van der Waals surface area contributed by atoms with Gasteiger partial charge in [-0.25, -0.2) is 9.65 Å². The summed E-state index contributed by atoms with van der Waals surface area (Å²) < 4.78 is 21.6. The van der Waals surface area contributed by atoms with E-state index in [0.29, 0.717) is 13.2 Å². The van der Waals surface area contributed by atoms with E-state index < -0.39 is 7.75 Å². The fourth-order valence-corrected chi connectivity index (χ4v) is 2.29. The minimum absolute atomic E-state index is 0.107. The molecular weight excluding hydrogens is 193 g/mol. The van der Waals surface area contributed by atoms with Crippen molar-refractivity contribution in [2.24, 2.45) is 0 Å². The van der Waals surface area contributed by atoms with Gasteiger partial charge in [-0.3, -0.25) is 9.05 Å². The van der Waals surface area contributed by atoms with Gasteiger partial charge in [-0.1, -0.05) is 0 Å². The summed E-state index contributed by atoms with van der Waals surface area (Å²) in [6.07, 6.45) is 0. The summed E-state index contributed by atoms with van der Waals surface area (Å²) in [5.41, 5.74) is 0. The predicted octanol–water partition coefficient (Wildman–Crippen LogP) is 1.14. The van der Waals surface area contributed by atoms with Gasteiger partial charge in [0.15, 0.2) is 0 Å². The van der Waals surface area contributed by atoms with Gasteiger partial charge in [0.1, 0.15) is 0 Å². The lowest BCUT2D eigenvalue weighted by molar-refractivity contribution is 0.195. The first-order chi connectivity index (χ1) is 6.08. The maximum Gasteiger partial charge on any atom is 0.405 e. The molecule has 0 saturated heterocycles. The molecule has 0 spiro atoms. The topological polar surface area (TPSA) is 67.8 Å². The van der Waals surface area contributed by atoms with Gasteiger partial charge < -0.3 is 5.11 Å². The van der Waals surface area contributed by atoms with Crippen LogP contribution in [0.15, 0.2) is 0 Å². The van der Waals surface area contributed by atoms with E-state index in [1.165, 1.54) is 0 Å². The Morgan fingerprint density at radius 3 is 2.15 bits per heavy atom. The second kappa shape index (κ2) is 6.51. The summed E-state index contributed by atoms with van der Waals surface area (Å²) in [4.78, 5) is 0. The van der Waals surface area contributed by atoms with Crippen LogP contribution in [0, 0.1) is 0 Å². The lowest BCUT2D eigenvalue weighted by atomic mass is 10.4. The fraction of sp³-hybridized carbons (Fsp3) is 1.00. The van der Waals surface area contributed by atoms with E-state index in [1.54, 1.807) is 20.8 Å². The molecule has 0 radical (unpaired) electrons. The highest BCUT2D eigenvalue weighted by Crippen LogP contribution is 2.43. The Morgan fingerprint density at radius 2 is 1.85 bits per heavy atom. The molecule has 5 nitrogen and oxygen atoms in total. The van der Waals surface area contributed by atoms with E-state index in [0.717, 1.165) is 0 Å².